The lowest BCUT2D eigenvalue weighted by atomic mass is 9.90. The third kappa shape index (κ3) is 2.62. The van der Waals surface area contributed by atoms with E-state index in [1.54, 1.807) is 0 Å². The van der Waals surface area contributed by atoms with E-state index in [-0.39, 0.29) is 12.2 Å². The van der Waals surface area contributed by atoms with Crippen LogP contribution in [0.5, 0.6) is 5.88 Å². The van der Waals surface area contributed by atoms with Crippen LogP contribution >= 0.6 is 12.6 Å². The average molecular weight is 288 g/mol. The predicted molar refractivity (Wildman–Crippen MR) is 69.4 cm³/mol. The minimum atomic E-state index is -1.20. The van der Waals surface area contributed by atoms with Gasteiger partial charge in [-0.2, -0.15) is 17.6 Å². The summed E-state index contributed by atoms with van der Waals surface area (Å²) in [7, 11) is 0. The van der Waals surface area contributed by atoms with Gasteiger partial charge >= 0.3 is 5.69 Å². The fraction of sp³-hybridized carbons (Fsp3) is 0.636. The first kappa shape index (κ1) is 14.3. The minimum Gasteiger partial charge on any atom is -0.493 e. The summed E-state index contributed by atoms with van der Waals surface area (Å²) in [6.45, 7) is 0.401. The van der Waals surface area contributed by atoms with Crippen LogP contribution in [0.2, 0.25) is 0 Å². The van der Waals surface area contributed by atoms with Crippen molar-refractivity contribution in [3.8, 4) is 5.88 Å². The van der Waals surface area contributed by atoms with E-state index in [2.05, 4.69) is 22.6 Å². The van der Waals surface area contributed by atoms with Crippen molar-refractivity contribution in [3.63, 3.8) is 0 Å². The van der Waals surface area contributed by atoms with Crippen molar-refractivity contribution in [2.75, 3.05) is 25.6 Å². The molecule has 0 bridgehead atoms. The first-order valence-corrected chi connectivity index (χ1v) is 6.53. The van der Waals surface area contributed by atoms with E-state index >= 15 is 0 Å². The molecule has 1 aliphatic heterocycles. The molecule has 3 N–H and O–H groups in total. The highest BCUT2D eigenvalue weighted by Gasteiger charge is 2.48. The van der Waals surface area contributed by atoms with Crippen LogP contribution in [0, 0.1) is 0 Å². The lowest BCUT2D eigenvalue weighted by Gasteiger charge is -2.32. The highest BCUT2D eigenvalue weighted by molar-refractivity contribution is 7.80. The second-order valence-corrected chi connectivity index (χ2v) is 4.66. The van der Waals surface area contributed by atoms with Crippen molar-refractivity contribution in [2.24, 2.45) is 0 Å². The quantitative estimate of drug-likeness (QED) is 0.539. The Balaban J connectivity index is 2.37. The Labute approximate surface area is 115 Å². The molecule has 2 atom stereocenters. The van der Waals surface area contributed by atoms with E-state index in [1.165, 1.54) is 6.20 Å². The molecule has 1 fully saturated rings. The van der Waals surface area contributed by atoms with Crippen molar-refractivity contribution in [1.29, 1.82) is 0 Å². The molecule has 0 saturated carbocycles. The van der Waals surface area contributed by atoms with Gasteiger partial charge in [0.25, 0.3) is 0 Å². The van der Waals surface area contributed by atoms with E-state index in [1.807, 2.05) is 0 Å². The molecule has 0 radical (unpaired) electrons. The number of nitrogens with zero attached hydrogens (tertiary/aromatic N) is 1. The zero-order valence-corrected chi connectivity index (χ0v) is 11.1. The molecule has 0 amide bonds. The molecule has 106 valence electrons. The molecule has 7 nitrogen and oxygen atoms in total. The third-order valence-corrected chi connectivity index (χ3v) is 3.33. The lowest BCUT2D eigenvalue weighted by Crippen LogP contribution is -2.42. The molecule has 1 aromatic rings. The highest BCUT2D eigenvalue weighted by Crippen LogP contribution is 2.40. The van der Waals surface area contributed by atoms with Crippen molar-refractivity contribution in [2.45, 2.75) is 18.1 Å². The summed E-state index contributed by atoms with van der Waals surface area (Å²) in [6.07, 6.45) is 1.44. The summed E-state index contributed by atoms with van der Waals surface area (Å²) < 4.78 is 11.2. The zero-order chi connectivity index (χ0) is 13.9. The average Bonchev–Trinajstić information content (AvgIpc) is 2.80. The smallest absolute Gasteiger partial charge is 0.348 e. The second-order valence-electron chi connectivity index (χ2n) is 4.21. The van der Waals surface area contributed by atoms with Crippen LogP contribution in [-0.4, -0.2) is 51.9 Å². The first-order valence-electron chi connectivity index (χ1n) is 5.90. The molecule has 8 heteroatoms. The molecule has 1 saturated heterocycles. The first-order chi connectivity index (χ1) is 9.14. The Bertz CT molecular complexity index is 494. The van der Waals surface area contributed by atoms with Crippen LogP contribution < -0.4 is 5.69 Å². The Morgan fingerprint density at radius 1 is 1.68 bits per heavy atom. The lowest BCUT2D eigenvalue weighted by molar-refractivity contribution is -0.117. The molecule has 2 heterocycles. The number of aromatic nitrogens is 2. The topological polar surface area (TPSA) is 105 Å². The van der Waals surface area contributed by atoms with E-state index in [4.69, 9.17) is 9.47 Å². The summed E-state index contributed by atoms with van der Waals surface area (Å²) in [4.78, 5) is 16.8. The number of hydrogen-bond acceptors (Lipinski definition) is 7. The van der Waals surface area contributed by atoms with Gasteiger partial charge in [-0.3, -0.25) is 0 Å². The SMILES string of the molecule is O=c1nc(O)c([C@]2(CO)OCC[C@H]2OCCS)c[nH]1. The highest BCUT2D eigenvalue weighted by atomic mass is 32.1. The number of aliphatic hydroxyl groups is 1. The van der Waals surface area contributed by atoms with Gasteiger partial charge in [0.05, 0.1) is 31.5 Å². The van der Waals surface area contributed by atoms with Gasteiger partial charge in [0.2, 0.25) is 5.88 Å². The molecule has 19 heavy (non-hydrogen) atoms. The van der Waals surface area contributed by atoms with Gasteiger partial charge in [0.15, 0.2) is 0 Å². The molecule has 0 aliphatic carbocycles. The largest absolute Gasteiger partial charge is 0.493 e. The second kappa shape index (κ2) is 5.91. The number of rotatable bonds is 5. The normalized spacial score (nSPS) is 26.7. The molecular weight excluding hydrogens is 272 g/mol. The van der Waals surface area contributed by atoms with Gasteiger partial charge in [-0.1, -0.05) is 0 Å². The fourth-order valence-electron chi connectivity index (χ4n) is 2.27. The van der Waals surface area contributed by atoms with E-state index in [9.17, 15) is 15.0 Å². The van der Waals surface area contributed by atoms with E-state index in [0.717, 1.165) is 0 Å². The van der Waals surface area contributed by atoms with Crippen LogP contribution in [0.25, 0.3) is 0 Å². The molecule has 1 aliphatic rings. The van der Waals surface area contributed by atoms with Crippen molar-refractivity contribution < 1.29 is 19.7 Å². The van der Waals surface area contributed by atoms with Crippen LogP contribution in [-0.2, 0) is 15.1 Å². The maximum Gasteiger partial charge on any atom is 0.348 e. The molecule has 0 spiro atoms. The standard InChI is InChI=1S/C11H16N2O5S/c14-6-11(7-5-12-10(16)13-9(7)15)8(1-2-18-11)17-3-4-19/h5,8,14,19H,1-4,6H2,(H2,12,13,15,16)/t8-,11+/m1/s1. The van der Waals surface area contributed by atoms with E-state index < -0.39 is 23.3 Å². The number of ether oxygens (including phenoxy) is 2. The molecular formula is C11H16N2O5S. The van der Waals surface area contributed by atoms with Gasteiger partial charge in [-0.25, -0.2) is 4.79 Å². The summed E-state index contributed by atoms with van der Waals surface area (Å²) in [5.41, 5.74) is -1.65. The summed E-state index contributed by atoms with van der Waals surface area (Å²) >= 11 is 4.06. The van der Waals surface area contributed by atoms with Crippen LogP contribution in [0.4, 0.5) is 0 Å². The van der Waals surface area contributed by atoms with Gasteiger partial charge in [0.1, 0.15) is 5.60 Å². The van der Waals surface area contributed by atoms with Crippen molar-refractivity contribution >= 4 is 12.6 Å². The van der Waals surface area contributed by atoms with Crippen molar-refractivity contribution in [3.05, 3.63) is 22.2 Å². The summed E-state index contributed by atoms with van der Waals surface area (Å²) in [5.74, 6) is 0.0765. The van der Waals surface area contributed by atoms with Crippen LogP contribution in [0.15, 0.2) is 11.0 Å². The monoisotopic (exact) mass is 288 g/mol. The minimum absolute atomic E-state index is 0.219. The zero-order valence-electron chi connectivity index (χ0n) is 10.2. The fourth-order valence-corrected chi connectivity index (χ4v) is 2.37. The molecule has 0 aromatic carbocycles. The number of nitrogens with one attached hydrogen (secondary N) is 1. The number of H-pyrrole nitrogens is 1. The number of hydrogen-bond donors (Lipinski definition) is 4. The number of thiol groups is 1. The Kier molecular flexibility index (Phi) is 4.46. The maximum atomic E-state index is 11.0. The van der Waals surface area contributed by atoms with Crippen molar-refractivity contribution in [1.82, 2.24) is 9.97 Å². The van der Waals surface area contributed by atoms with Crippen LogP contribution in [0.3, 0.4) is 0 Å². The van der Waals surface area contributed by atoms with E-state index in [0.29, 0.717) is 25.4 Å². The molecule has 2 rings (SSSR count). The number of aliphatic hydroxyl groups excluding tert-OH is 1. The molecule has 1 aromatic heterocycles. The predicted octanol–water partition coefficient (Wildman–Crippen LogP) is -0.602. The van der Waals surface area contributed by atoms with Crippen LogP contribution in [0.1, 0.15) is 12.0 Å². The molecule has 0 unspecified atom stereocenters. The van der Waals surface area contributed by atoms with Gasteiger partial charge < -0.3 is 24.7 Å². The Morgan fingerprint density at radius 3 is 3.11 bits per heavy atom. The number of aromatic hydroxyl groups is 1. The summed E-state index contributed by atoms with van der Waals surface area (Å²) in [6, 6.07) is 0. The summed E-state index contributed by atoms with van der Waals surface area (Å²) in [5, 5.41) is 19.5. The van der Waals surface area contributed by atoms with Gasteiger partial charge in [-0.15, -0.1) is 0 Å². The number of aromatic amines is 1. The van der Waals surface area contributed by atoms with Gasteiger partial charge in [-0.05, 0) is 0 Å². The maximum absolute atomic E-state index is 11.0. The van der Waals surface area contributed by atoms with Gasteiger partial charge in [0, 0.05) is 18.4 Å². The Hall–Kier alpha value is -1.09. The third-order valence-electron chi connectivity index (χ3n) is 3.15. The Morgan fingerprint density at radius 2 is 2.47 bits per heavy atom.